The van der Waals surface area contributed by atoms with Crippen molar-refractivity contribution in [3.8, 4) is 11.3 Å². The molecule has 0 saturated heterocycles. The monoisotopic (exact) mass is 370 g/mol. The predicted octanol–water partition coefficient (Wildman–Crippen LogP) is 4.16. The van der Waals surface area contributed by atoms with Gasteiger partial charge in [-0.3, -0.25) is 9.78 Å². The van der Waals surface area contributed by atoms with Crippen molar-refractivity contribution >= 4 is 17.5 Å². The Labute approximate surface area is 162 Å². The average molecular weight is 370 g/mol. The number of aromatic nitrogens is 2. The maximum absolute atomic E-state index is 13.0. The lowest BCUT2D eigenvalue weighted by atomic mass is 10.0. The highest BCUT2D eigenvalue weighted by Crippen LogP contribution is 2.28. The molecular formula is C22H18N4O2. The molecule has 6 nitrogen and oxygen atoms in total. The smallest absolute Gasteiger partial charge is 0.263 e. The van der Waals surface area contributed by atoms with E-state index in [1.165, 1.54) is 0 Å². The van der Waals surface area contributed by atoms with Gasteiger partial charge >= 0.3 is 0 Å². The highest BCUT2D eigenvalue weighted by atomic mass is 16.5. The van der Waals surface area contributed by atoms with E-state index in [2.05, 4.69) is 27.6 Å². The molecule has 2 heterocycles. The summed E-state index contributed by atoms with van der Waals surface area (Å²) in [5.74, 6) is -0.393. The van der Waals surface area contributed by atoms with Gasteiger partial charge in [0, 0.05) is 23.6 Å². The van der Waals surface area contributed by atoms with Gasteiger partial charge in [-0.2, -0.15) is 0 Å². The zero-order valence-corrected chi connectivity index (χ0v) is 15.0. The number of carbonyl (C=O) groups excluding carboxylic acids is 1. The van der Waals surface area contributed by atoms with Crippen molar-refractivity contribution in [1.82, 2.24) is 10.1 Å². The SMILES string of the molecule is Nc1onc(-c2ccncc2)c1C(=O)Nc1ccccc1Cc1ccccc1. The lowest BCUT2D eigenvalue weighted by Gasteiger charge is -2.11. The number of nitrogens with two attached hydrogens (primary N) is 1. The Kier molecular flexibility index (Phi) is 4.84. The molecule has 0 saturated carbocycles. The minimum Gasteiger partial charge on any atom is -0.367 e. The van der Waals surface area contributed by atoms with Crippen LogP contribution in [0.5, 0.6) is 0 Å². The Hall–Kier alpha value is -3.93. The van der Waals surface area contributed by atoms with E-state index in [1.807, 2.05) is 42.5 Å². The van der Waals surface area contributed by atoms with Gasteiger partial charge in [-0.05, 0) is 35.7 Å². The summed E-state index contributed by atoms with van der Waals surface area (Å²) in [7, 11) is 0. The molecule has 138 valence electrons. The van der Waals surface area contributed by atoms with Crippen LogP contribution in [0.25, 0.3) is 11.3 Å². The number of hydrogen-bond acceptors (Lipinski definition) is 5. The third kappa shape index (κ3) is 3.61. The second-order valence-electron chi connectivity index (χ2n) is 6.28. The zero-order chi connectivity index (χ0) is 19.3. The molecule has 2 aromatic carbocycles. The fourth-order valence-corrected chi connectivity index (χ4v) is 3.03. The number of hydrogen-bond donors (Lipinski definition) is 2. The molecule has 4 rings (SSSR count). The quantitative estimate of drug-likeness (QED) is 0.550. The Morgan fingerprint density at radius 2 is 1.68 bits per heavy atom. The van der Waals surface area contributed by atoms with E-state index in [0.717, 1.165) is 16.8 Å². The van der Waals surface area contributed by atoms with Gasteiger partial charge in [0.15, 0.2) is 0 Å². The Morgan fingerprint density at radius 1 is 0.964 bits per heavy atom. The number of amides is 1. The van der Waals surface area contributed by atoms with Crippen LogP contribution in [-0.2, 0) is 6.42 Å². The number of para-hydroxylation sites is 1. The van der Waals surface area contributed by atoms with Crippen molar-refractivity contribution in [3.63, 3.8) is 0 Å². The van der Waals surface area contributed by atoms with Gasteiger partial charge in [-0.15, -0.1) is 0 Å². The van der Waals surface area contributed by atoms with Crippen LogP contribution in [0.1, 0.15) is 21.5 Å². The Morgan fingerprint density at radius 3 is 2.46 bits per heavy atom. The fourth-order valence-electron chi connectivity index (χ4n) is 3.03. The Balaban J connectivity index is 1.63. The van der Waals surface area contributed by atoms with E-state index in [-0.39, 0.29) is 17.4 Å². The fraction of sp³-hybridized carbons (Fsp3) is 0.0455. The van der Waals surface area contributed by atoms with Gasteiger partial charge in [0.1, 0.15) is 11.3 Å². The third-order valence-corrected chi connectivity index (χ3v) is 4.40. The summed E-state index contributed by atoms with van der Waals surface area (Å²) in [6.45, 7) is 0. The second kappa shape index (κ2) is 7.75. The van der Waals surface area contributed by atoms with E-state index in [4.69, 9.17) is 10.3 Å². The van der Waals surface area contributed by atoms with Gasteiger partial charge in [0.25, 0.3) is 5.91 Å². The minimum absolute atomic E-state index is 0.0233. The lowest BCUT2D eigenvalue weighted by Crippen LogP contribution is -2.15. The van der Waals surface area contributed by atoms with Crippen LogP contribution >= 0.6 is 0 Å². The minimum atomic E-state index is -0.369. The first-order valence-electron chi connectivity index (χ1n) is 8.81. The molecule has 28 heavy (non-hydrogen) atoms. The average Bonchev–Trinajstić information content (AvgIpc) is 3.12. The molecule has 0 aliphatic rings. The molecule has 0 unspecified atom stereocenters. The summed E-state index contributed by atoms with van der Waals surface area (Å²) in [6, 6.07) is 21.3. The topological polar surface area (TPSA) is 94.0 Å². The van der Waals surface area contributed by atoms with Crippen LogP contribution in [0.3, 0.4) is 0 Å². The summed E-state index contributed by atoms with van der Waals surface area (Å²) in [4.78, 5) is 17.0. The van der Waals surface area contributed by atoms with Gasteiger partial charge in [0.05, 0.1) is 0 Å². The van der Waals surface area contributed by atoms with Crippen molar-refractivity contribution in [2.24, 2.45) is 0 Å². The molecule has 0 bridgehead atoms. The van der Waals surface area contributed by atoms with Crippen LogP contribution in [-0.4, -0.2) is 16.0 Å². The molecule has 0 radical (unpaired) electrons. The molecule has 0 aliphatic carbocycles. The first-order chi connectivity index (χ1) is 13.7. The van der Waals surface area contributed by atoms with E-state index in [9.17, 15) is 4.79 Å². The van der Waals surface area contributed by atoms with E-state index < -0.39 is 0 Å². The number of nitrogens with one attached hydrogen (secondary N) is 1. The lowest BCUT2D eigenvalue weighted by molar-refractivity contribution is 0.102. The van der Waals surface area contributed by atoms with Crippen LogP contribution < -0.4 is 11.1 Å². The molecule has 0 spiro atoms. The second-order valence-corrected chi connectivity index (χ2v) is 6.28. The summed E-state index contributed by atoms with van der Waals surface area (Å²) in [5, 5.41) is 6.90. The van der Waals surface area contributed by atoms with Crippen LogP contribution in [0.2, 0.25) is 0 Å². The maximum Gasteiger partial charge on any atom is 0.263 e. The molecular weight excluding hydrogens is 352 g/mol. The Bertz CT molecular complexity index is 1090. The van der Waals surface area contributed by atoms with Crippen LogP contribution in [0.15, 0.2) is 83.6 Å². The van der Waals surface area contributed by atoms with E-state index in [0.29, 0.717) is 17.7 Å². The highest BCUT2D eigenvalue weighted by Gasteiger charge is 2.23. The number of nitrogen functional groups attached to an aromatic ring is 1. The predicted molar refractivity (Wildman–Crippen MR) is 108 cm³/mol. The standard InChI is InChI=1S/C22H18N4O2/c23-21-19(20(26-28-21)16-10-12-24-13-11-16)22(27)25-18-9-5-4-8-17(18)14-15-6-2-1-3-7-15/h1-13H,14,23H2,(H,25,27). The third-order valence-electron chi connectivity index (χ3n) is 4.40. The largest absolute Gasteiger partial charge is 0.367 e. The van der Waals surface area contributed by atoms with E-state index >= 15 is 0 Å². The van der Waals surface area contributed by atoms with Gasteiger partial charge in [0.2, 0.25) is 5.88 Å². The number of carbonyl (C=O) groups is 1. The molecule has 2 aromatic heterocycles. The highest BCUT2D eigenvalue weighted by molar-refractivity contribution is 6.11. The number of anilines is 2. The maximum atomic E-state index is 13.0. The van der Waals surface area contributed by atoms with Crippen molar-refractivity contribution in [2.45, 2.75) is 6.42 Å². The summed E-state index contributed by atoms with van der Waals surface area (Å²) in [6.07, 6.45) is 3.95. The van der Waals surface area contributed by atoms with Crippen LogP contribution in [0.4, 0.5) is 11.6 Å². The van der Waals surface area contributed by atoms with Crippen molar-refractivity contribution in [2.75, 3.05) is 11.1 Å². The van der Waals surface area contributed by atoms with Crippen molar-refractivity contribution in [1.29, 1.82) is 0 Å². The molecule has 0 aliphatic heterocycles. The van der Waals surface area contributed by atoms with Crippen LogP contribution in [0, 0.1) is 0 Å². The van der Waals surface area contributed by atoms with Gasteiger partial charge < -0.3 is 15.6 Å². The molecule has 6 heteroatoms. The number of nitrogens with zero attached hydrogens (tertiary/aromatic N) is 2. The van der Waals surface area contributed by atoms with Gasteiger partial charge in [-0.25, -0.2) is 0 Å². The summed E-state index contributed by atoms with van der Waals surface area (Å²) < 4.78 is 5.08. The first-order valence-corrected chi connectivity index (χ1v) is 8.81. The summed E-state index contributed by atoms with van der Waals surface area (Å²) >= 11 is 0. The van der Waals surface area contributed by atoms with Crippen molar-refractivity contribution in [3.05, 3.63) is 95.8 Å². The molecule has 4 aromatic rings. The molecule has 0 atom stereocenters. The first kappa shape index (κ1) is 17.5. The number of benzene rings is 2. The number of pyridine rings is 1. The normalized spacial score (nSPS) is 10.6. The van der Waals surface area contributed by atoms with Crippen molar-refractivity contribution < 1.29 is 9.32 Å². The molecule has 0 fully saturated rings. The summed E-state index contributed by atoms with van der Waals surface area (Å²) in [5.41, 5.74) is 10.1. The zero-order valence-electron chi connectivity index (χ0n) is 15.0. The molecule has 1 amide bonds. The van der Waals surface area contributed by atoms with Gasteiger partial charge in [-0.1, -0.05) is 53.7 Å². The van der Waals surface area contributed by atoms with E-state index in [1.54, 1.807) is 24.5 Å². The number of rotatable bonds is 5. The molecule has 3 N–H and O–H groups in total.